The lowest BCUT2D eigenvalue weighted by Crippen LogP contribution is -2.44. The zero-order valence-corrected chi connectivity index (χ0v) is 23.4. The second kappa shape index (κ2) is 8.61. The van der Waals surface area contributed by atoms with E-state index in [4.69, 9.17) is 23.2 Å². The highest BCUT2D eigenvalue weighted by Crippen LogP contribution is 2.56. The zero-order chi connectivity index (χ0) is 25.3. The largest absolute Gasteiger partial charge is 0.315 e. The standard InChI is InChI=1S/C29H28BrCl2NO2/c1-28(2)12-20-25(22(34)14-28)24(16-8-10-17(30)11-9-16)26-21(13-29(3,4)15-23(26)35)33(20)19-7-5-6-18(31)27(19)32/h5-11,24H,12-15H2,1-4H3. The maximum Gasteiger partial charge on any atom is 0.162 e. The Bertz CT molecular complexity index is 1270. The minimum atomic E-state index is -0.380. The Morgan fingerprint density at radius 3 is 1.83 bits per heavy atom. The summed E-state index contributed by atoms with van der Waals surface area (Å²) in [7, 11) is 0. The molecule has 1 aliphatic heterocycles. The molecule has 2 aliphatic carbocycles. The molecule has 0 saturated heterocycles. The predicted molar refractivity (Wildman–Crippen MR) is 146 cm³/mol. The molecule has 0 fully saturated rings. The fourth-order valence-corrected chi connectivity index (χ4v) is 6.55. The van der Waals surface area contributed by atoms with Gasteiger partial charge in [0.05, 0.1) is 15.7 Å². The van der Waals surface area contributed by atoms with Gasteiger partial charge in [-0.25, -0.2) is 0 Å². The summed E-state index contributed by atoms with van der Waals surface area (Å²) in [5, 5.41) is 0.882. The smallest absolute Gasteiger partial charge is 0.162 e. The Morgan fingerprint density at radius 1 is 0.800 bits per heavy atom. The van der Waals surface area contributed by atoms with Gasteiger partial charge in [-0.05, 0) is 53.5 Å². The number of carbonyl (C=O) groups is 2. The van der Waals surface area contributed by atoms with Crippen molar-refractivity contribution in [3.63, 3.8) is 0 Å². The number of nitrogens with zero attached hydrogens (tertiary/aromatic N) is 1. The molecule has 35 heavy (non-hydrogen) atoms. The van der Waals surface area contributed by atoms with Gasteiger partial charge in [-0.15, -0.1) is 0 Å². The lowest BCUT2D eigenvalue weighted by Gasteiger charge is -2.49. The van der Waals surface area contributed by atoms with E-state index < -0.39 is 0 Å². The first-order valence-electron chi connectivity index (χ1n) is 11.9. The first-order valence-corrected chi connectivity index (χ1v) is 13.5. The zero-order valence-electron chi connectivity index (χ0n) is 20.3. The Kier molecular flexibility index (Phi) is 6.10. The van der Waals surface area contributed by atoms with Crippen molar-refractivity contribution in [2.75, 3.05) is 4.90 Å². The van der Waals surface area contributed by atoms with Gasteiger partial charge in [-0.3, -0.25) is 9.59 Å². The lowest BCUT2D eigenvalue weighted by atomic mass is 9.63. The molecule has 0 aromatic heterocycles. The minimum absolute atomic E-state index is 0.0940. The van der Waals surface area contributed by atoms with E-state index in [0.717, 1.165) is 38.3 Å². The van der Waals surface area contributed by atoms with Crippen LogP contribution in [0.2, 0.25) is 10.0 Å². The van der Waals surface area contributed by atoms with Gasteiger partial charge in [0.25, 0.3) is 0 Å². The molecule has 3 aliphatic rings. The number of hydrogen-bond acceptors (Lipinski definition) is 3. The molecule has 0 N–H and O–H groups in total. The molecular weight excluding hydrogens is 545 g/mol. The van der Waals surface area contributed by atoms with Crippen LogP contribution in [0.25, 0.3) is 0 Å². The second-order valence-corrected chi connectivity index (χ2v) is 13.2. The van der Waals surface area contributed by atoms with E-state index in [0.29, 0.717) is 35.7 Å². The van der Waals surface area contributed by atoms with E-state index in [2.05, 4.69) is 48.5 Å². The van der Waals surface area contributed by atoms with Crippen molar-refractivity contribution in [3.8, 4) is 0 Å². The Morgan fingerprint density at radius 2 is 1.31 bits per heavy atom. The van der Waals surface area contributed by atoms with Gasteiger partial charge < -0.3 is 4.90 Å². The maximum atomic E-state index is 13.8. The summed E-state index contributed by atoms with van der Waals surface area (Å²) >= 11 is 16.8. The molecule has 1 heterocycles. The maximum absolute atomic E-state index is 13.8. The molecular formula is C29H28BrCl2NO2. The van der Waals surface area contributed by atoms with Crippen LogP contribution in [0.4, 0.5) is 5.69 Å². The van der Waals surface area contributed by atoms with Gasteiger partial charge in [-0.2, -0.15) is 0 Å². The Balaban J connectivity index is 1.86. The van der Waals surface area contributed by atoms with Gasteiger partial charge in [-0.1, -0.05) is 85.0 Å². The van der Waals surface area contributed by atoms with Crippen LogP contribution < -0.4 is 4.90 Å². The highest BCUT2D eigenvalue weighted by molar-refractivity contribution is 9.10. The molecule has 0 amide bonds. The van der Waals surface area contributed by atoms with Crippen LogP contribution in [0.1, 0.15) is 64.9 Å². The summed E-state index contributed by atoms with van der Waals surface area (Å²) in [5.41, 5.74) is 4.57. The number of rotatable bonds is 2. The molecule has 5 rings (SSSR count). The van der Waals surface area contributed by atoms with Crippen LogP contribution in [0, 0.1) is 10.8 Å². The topological polar surface area (TPSA) is 37.4 Å². The van der Waals surface area contributed by atoms with E-state index in [-0.39, 0.29) is 28.3 Å². The average molecular weight is 573 g/mol. The van der Waals surface area contributed by atoms with Crippen molar-refractivity contribution in [1.29, 1.82) is 0 Å². The number of ketones is 2. The van der Waals surface area contributed by atoms with Crippen LogP contribution in [0.15, 0.2) is 69.5 Å². The highest BCUT2D eigenvalue weighted by atomic mass is 79.9. The number of hydrogen-bond donors (Lipinski definition) is 0. The van der Waals surface area contributed by atoms with E-state index in [1.54, 1.807) is 6.07 Å². The normalized spacial score (nSPS) is 21.9. The van der Waals surface area contributed by atoms with Crippen molar-refractivity contribution in [1.82, 2.24) is 0 Å². The summed E-state index contributed by atoms with van der Waals surface area (Å²) in [6.45, 7) is 8.50. The lowest BCUT2D eigenvalue weighted by molar-refractivity contribution is -0.119. The Labute approximate surface area is 225 Å². The van der Waals surface area contributed by atoms with Gasteiger partial charge in [0.1, 0.15) is 0 Å². The molecule has 2 aromatic rings. The molecule has 0 radical (unpaired) electrons. The van der Waals surface area contributed by atoms with Crippen LogP contribution in [-0.2, 0) is 9.59 Å². The molecule has 6 heteroatoms. The average Bonchev–Trinajstić information content (AvgIpc) is 2.74. The highest BCUT2D eigenvalue weighted by Gasteiger charge is 2.49. The van der Waals surface area contributed by atoms with E-state index in [1.165, 1.54) is 0 Å². The molecule has 0 bridgehead atoms. The Hall–Kier alpha value is -1.88. The van der Waals surface area contributed by atoms with E-state index in [9.17, 15) is 9.59 Å². The second-order valence-electron chi connectivity index (χ2n) is 11.5. The molecule has 0 saturated carbocycles. The van der Waals surface area contributed by atoms with Crippen LogP contribution in [-0.4, -0.2) is 11.6 Å². The van der Waals surface area contributed by atoms with Crippen molar-refractivity contribution in [2.45, 2.75) is 59.3 Å². The molecule has 3 nitrogen and oxygen atoms in total. The summed E-state index contributed by atoms with van der Waals surface area (Å²) in [4.78, 5) is 29.8. The first kappa shape index (κ1) is 24.8. The summed E-state index contributed by atoms with van der Waals surface area (Å²) in [5.74, 6) is -0.192. The summed E-state index contributed by atoms with van der Waals surface area (Å²) in [6.07, 6.45) is 2.29. The van der Waals surface area contributed by atoms with Gasteiger partial charge in [0.15, 0.2) is 11.6 Å². The number of halogens is 3. The van der Waals surface area contributed by atoms with Crippen molar-refractivity contribution < 1.29 is 9.59 Å². The molecule has 0 unspecified atom stereocenters. The van der Waals surface area contributed by atoms with E-state index >= 15 is 0 Å². The van der Waals surface area contributed by atoms with Crippen LogP contribution >= 0.6 is 39.1 Å². The fraction of sp³-hybridized carbons (Fsp3) is 0.379. The quantitative estimate of drug-likeness (QED) is 0.361. The minimum Gasteiger partial charge on any atom is -0.315 e. The number of Topliss-reactive ketones (excluding diaryl/α,β-unsaturated/α-hetero) is 2. The summed E-state index contributed by atoms with van der Waals surface area (Å²) < 4.78 is 0.958. The third-order valence-corrected chi connectivity index (χ3v) is 8.62. The van der Waals surface area contributed by atoms with Gasteiger partial charge >= 0.3 is 0 Å². The third kappa shape index (κ3) is 4.32. The molecule has 2 aromatic carbocycles. The molecule has 0 spiro atoms. The third-order valence-electron chi connectivity index (χ3n) is 7.29. The van der Waals surface area contributed by atoms with Crippen molar-refractivity contribution in [2.24, 2.45) is 10.8 Å². The molecule has 0 atom stereocenters. The SMILES string of the molecule is CC1(C)CC(=O)C2=C(C1)N(c1cccc(Cl)c1Cl)C1=C(C(=O)CC(C)(C)C1)C2c1ccc(Br)cc1. The van der Waals surface area contributed by atoms with Crippen molar-refractivity contribution in [3.05, 3.63) is 85.1 Å². The number of allylic oxidation sites excluding steroid dienone is 4. The van der Waals surface area contributed by atoms with Gasteiger partial charge in [0, 0.05) is 45.8 Å². The van der Waals surface area contributed by atoms with Crippen LogP contribution in [0.5, 0.6) is 0 Å². The first-order chi connectivity index (χ1) is 16.4. The number of anilines is 1. The molecule has 182 valence electrons. The number of carbonyl (C=O) groups excluding carboxylic acids is 2. The van der Waals surface area contributed by atoms with E-state index in [1.807, 2.05) is 36.4 Å². The van der Waals surface area contributed by atoms with Crippen molar-refractivity contribution >= 4 is 56.4 Å². The van der Waals surface area contributed by atoms with Gasteiger partial charge in [0.2, 0.25) is 0 Å². The van der Waals surface area contributed by atoms with Crippen LogP contribution in [0.3, 0.4) is 0 Å². The fourth-order valence-electron chi connectivity index (χ4n) is 5.91. The predicted octanol–water partition coefficient (Wildman–Crippen LogP) is 8.65. The monoisotopic (exact) mass is 571 g/mol. The summed E-state index contributed by atoms with van der Waals surface area (Å²) in [6, 6.07) is 13.6. The number of benzene rings is 2.